The lowest BCUT2D eigenvalue weighted by Crippen LogP contribution is -2.26. The molecule has 4 heterocycles. The smallest absolute Gasteiger partial charge is 0.272 e. The molecule has 0 unspecified atom stereocenters. The van der Waals surface area contributed by atoms with Gasteiger partial charge in [0, 0.05) is 29.4 Å². The van der Waals surface area contributed by atoms with Gasteiger partial charge in [-0.25, -0.2) is 9.97 Å². The van der Waals surface area contributed by atoms with Crippen molar-refractivity contribution < 1.29 is 14.3 Å². The van der Waals surface area contributed by atoms with Crippen molar-refractivity contribution in [3.05, 3.63) is 83.6 Å². The number of pyridine rings is 2. The highest BCUT2D eigenvalue weighted by atomic mass is 32.1. The second-order valence-electron chi connectivity index (χ2n) is 7.68. The van der Waals surface area contributed by atoms with Crippen molar-refractivity contribution in [1.29, 1.82) is 0 Å². The summed E-state index contributed by atoms with van der Waals surface area (Å²) in [6.07, 6.45) is 4.05. The number of carbonyl (C=O) groups is 1. The van der Waals surface area contributed by atoms with Gasteiger partial charge in [-0.3, -0.25) is 4.79 Å². The van der Waals surface area contributed by atoms with Crippen LogP contribution in [0.2, 0.25) is 0 Å². The number of aromatic nitrogens is 4. The van der Waals surface area contributed by atoms with E-state index in [9.17, 15) is 4.79 Å². The van der Waals surface area contributed by atoms with Crippen LogP contribution in [-0.4, -0.2) is 46.4 Å². The van der Waals surface area contributed by atoms with Gasteiger partial charge in [-0.2, -0.15) is 9.78 Å². The minimum atomic E-state index is -0.268. The van der Waals surface area contributed by atoms with Crippen LogP contribution in [0.1, 0.15) is 16.1 Å². The Bertz CT molecular complexity index is 1470. The number of ether oxygens (including phenoxy) is 2. The molecule has 1 aromatic carbocycles. The number of thiophene rings is 1. The van der Waals surface area contributed by atoms with Crippen LogP contribution in [0.5, 0.6) is 11.5 Å². The molecular weight excluding hydrogens is 462 g/mol. The molecule has 0 fully saturated rings. The van der Waals surface area contributed by atoms with Gasteiger partial charge in [0.25, 0.3) is 5.91 Å². The molecule has 0 aliphatic carbocycles. The summed E-state index contributed by atoms with van der Waals surface area (Å²) in [7, 11) is 3.21. The lowest BCUT2D eigenvalue weighted by atomic mass is 10.1. The topological polar surface area (TPSA) is 91.2 Å². The average molecular weight is 486 g/mol. The van der Waals surface area contributed by atoms with Crippen molar-refractivity contribution in [2.75, 3.05) is 20.8 Å². The van der Waals surface area contributed by atoms with E-state index in [0.29, 0.717) is 47.0 Å². The molecule has 8 nitrogen and oxygen atoms in total. The van der Waals surface area contributed by atoms with Crippen molar-refractivity contribution in [3.63, 3.8) is 0 Å². The number of nitrogens with zero attached hydrogens (tertiary/aromatic N) is 4. The highest BCUT2D eigenvalue weighted by molar-refractivity contribution is 7.13. The second kappa shape index (κ2) is 9.94. The summed E-state index contributed by atoms with van der Waals surface area (Å²) in [6, 6.07) is 17.2. The Kier molecular flexibility index (Phi) is 6.40. The molecule has 0 aliphatic heterocycles. The molecule has 1 amide bonds. The van der Waals surface area contributed by atoms with E-state index in [2.05, 4.69) is 20.4 Å². The Morgan fingerprint density at radius 1 is 1.00 bits per heavy atom. The van der Waals surface area contributed by atoms with Crippen molar-refractivity contribution in [3.8, 4) is 27.8 Å². The fourth-order valence-electron chi connectivity index (χ4n) is 3.92. The number of fused-ring (bicyclic) bond motifs is 1. The molecule has 0 aliphatic rings. The molecule has 0 saturated carbocycles. The van der Waals surface area contributed by atoms with Crippen LogP contribution in [0.4, 0.5) is 0 Å². The van der Waals surface area contributed by atoms with Gasteiger partial charge in [0.15, 0.2) is 28.7 Å². The molecule has 5 aromatic rings. The lowest BCUT2D eigenvalue weighted by Gasteiger charge is -2.10. The van der Waals surface area contributed by atoms with Crippen LogP contribution < -0.4 is 14.8 Å². The van der Waals surface area contributed by atoms with E-state index in [1.54, 1.807) is 42.6 Å². The average Bonchev–Trinajstić information content (AvgIpc) is 3.58. The molecule has 0 radical (unpaired) electrons. The number of benzene rings is 1. The van der Waals surface area contributed by atoms with E-state index >= 15 is 0 Å². The number of rotatable bonds is 8. The van der Waals surface area contributed by atoms with Crippen molar-refractivity contribution in [2.45, 2.75) is 6.42 Å². The zero-order chi connectivity index (χ0) is 24.2. The SMILES string of the molecule is COc1ccc(CCNC(=O)c2nn(-c3ccccn3)c3nccc(-c4cccs4)c23)cc1OC. The van der Waals surface area contributed by atoms with Gasteiger partial charge in [-0.05, 0) is 53.8 Å². The molecule has 0 spiro atoms. The van der Waals surface area contributed by atoms with E-state index in [1.807, 2.05) is 60.0 Å². The third-order valence-electron chi connectivity index (χ3n) is 5.58. The van der Waals surface area contributed by atoms with E-state index in [4.69, 9.17) is 9.47 Å². The molecule has 5 rings (SSSR count). The van der Waals surface area contributed by atoms with Gasteiger partial charge in [0.1, 0.15) is 0 Å². The summed E-state index contributed by atoms with van der Waals surface area (Å²) in [5.74, 6) is 1.65. The predicted molar refractivity (Wildman–Crippen MR) is 136 cm³/mol. The van der Waals surface area contributed by atoms with E-state index in [0.717, 1.165) is 16.0 Å². The minimum absolute atomic E-state index is 0.268. The first-order valence-electron chi connectivity index (χ1n) is 11.0. The maximum absolute atomic E-state index is 13.4. The Morgan fingerprint density at radius 2 is 1.89 bits per heavy atom. The van der Waals surface area contributed by atoms with E-state index < -0.39 is 0 Å². The Balaban J connectivity index is 1.47. The molecule has 4 aromatic heterocycles. The van der Waals surface area contributed by atoms with Gasteiger partial charge < -0.3 is 14.8 Å². The van der Waals surface area contributed by atoms with Gasteiger partial charge in [-0.15, -0.1) is 11.3 Å². The fraction of sp³-hybridized carbons (Fsp3) is 0.154. The summed E-state index contributed by atoms with van der Waals surface area (Å²) in [6.45, 7) is 0.431. The predicted octanol–water partition coefficient (Wildman–Crippen LogP) is 4.53. The Hall–Kier alpha value is -4.24. The van der Waals surface area contributed by atoms with Gasteiger partial charge in [-0.1, -0.05) is 18.2 Å². The second-order valence-corrected chi connectivity index (χ2v) is 8.63. The normalized spacial score (nSPS) is 10.9. The van der Waals surface area contributed by atoms with Crippen LogP contribution >= 0.6 is 11.3 Å². The Labute approximate surface area is 206 Å². The summed E-state index contributed by atoms with van der Waals surface area (Å²) in [4.78, 5) is 23.4. The van der Waals surface area contributed by atoms with Crippen molar-refractivity contribution >= 4 is 28.3 Å². The molecule has 35 heavy (non-hydrogen) atoms. The molecule has 1 N–H and O–H groups in total. The summed E-state index contributed by atoms with van der Waals surface area (Å²) in [5, 5.41) is 10.4. The molecule has 0 bridgehead atoms. The lowest BCUT2D eigenvalue weighted by molar-refractivity contribution is 0.0950. The van der Waals surface area contributed by atoms with Crippen molar-refractivity contribution in [1.82, 2.24) is 25.1 Å². The monoisotopic (exact) mass is 485 g/mol. The molecule has 9 heteroatoms. The standard InChI is InChI=1S/C26H23N5O3S/c1-33-19-9-8-17(16-20(19)34-2)10-13-29-26(32)24-23-18(21-6-5-15-35-21)11-14-28-25(23)31(30-24)22-7-3-4-12-27-22/h3-9,11-12,14-16H,10,13H2,1-2H3,(H,29,32). The minimum Gasteiger partial charge on any atom is -0.493 e. The number of hydrogen-bond acceptors (Lipinski definition) is 7. The quantitative estimate of drug-likeness (QED) is 0.347. The van der Waals surface area contributed by atoms with Crippen molar-refractivity contribution in [2.24, 2.45) is 0 Å². The highest BCUT2D eigenvalue weighted by Crippen LogP contribution is 2.33. The number of carbonyl (C=O) groups excluding carboxylic acids is 1. The van der Waals surface area contributed by atoms with Crippen LogP contribution in [0, 0.1) is 0 Å². The van der Waals surface area contributed by atoms with Crippen LogP contribution in [0.3, 0.4) is 0 Å². The molecular formula is C26H23N5O3S. The van der Waals surface area contributed by atoms with Crippen LogP contribution in [0.15, 0.2) is 72.4 Å². The van der Waals surface area contributed by atoms with E-state index in [-0.39, 0.29) is 5.91 Å². The first-order valence-corrected chi connectivity index (χ1v) is 11.9. The third kappa shape index (κ3) is 4.45. The Morgan fingerprint density at radius 3 is 2.63 bits per heavy atom. The first kappa shape index (κ1) is 22.5. The maximum atomic E-state index is 13.4. The van der Waals surface area contributed by atoms with E-state index in [1.165, 1.54) is 0 Å². The number of hydrogen-bond donors (Lipinski definition) is 1. The fourth-order valence-corrected chi connectivity index (χ4v) is 4.68. The molecule has 176 valence electrons. The maximum Gasteiger partial charge on any atom is 0.272 e. The largest absolute Gasteiger partial charge is 0.493 e. The summed E-state index contributed by atoms with van der Waals surface area (Å²) < 4.78 is 12.3. The van der Waals surface area contributed by atoms with Crippen LogP contribution in [0.25, 0.3) is 27.3 Å². The molecule has 0 atom stereocenters. The number of nitrogens with one attached hydrogen (secondary N) is 1. The van der Waals surface area contributed by atoms with Crippen LogP contribution in [-0.2, 0) is 6.42 Å². The zero-order valence-electron chi connectivity index (χ0n) is 19.3. The summed E-state index contributed by atoms with van der Waals surface area (Å²) in [5.41, 5.74) is 2.83. The highest BCUT2D eigenvalue weighted by Gasteiger charge is 2.23. The number of amides is 1. The summed E-state index contributed by atoms with van der Waals surface area (Å²) >= 11 is 1.60. The van der Waals surface area contributed by atoms with Gasteiger partial charge in [0.2, 0.25) is 0 Å². The third-order valence-corrected chi connectivity index (χ3v) is 6.49. The van der Waals surface area contributed by atoms with Gasteiger partial charge in [0.05, 0.1) is 19.6 Å². The first-order chi connectivity index (χ1) is 17.2. The zero-order valence-corrected chi connectivity index (χ0v) is 20.1. The number of methoxy groups -OCH3 is 2. The molecule has 0 saturated heterocycles. The van der Waals surface area contributed by atoms with Gasteiger partial charge >= 0.3 is 0 Å².